The van der Waals surface area contributed by atoms with Gasteiger partial charge in [-0.25, -0.2) is 0 Å². The zero-order valence-corrected chi connectivity index (χ0v) is 9.52. The second-order valence-electron chi connectivity index (χ2n) is 4.61. The van der Waals surface area contributed by atoms with E-state index in [9.17, 15) is 4.79 Å². The standard InChI is InChI=1S/C11H22N2O/c1-4-12-11(2,3)10(14)13-9-7-5-6-8-9/h9,12H,4-8H2,1-3H3,(H,13,14). The number of carbonyl (C=O) groups excluding carboxylic acids is 1. The number of carbonyl (C=O) groups is 1. The molecule has 3 nitrogen and oxygen atoms in total. The largest absolute Gasteiger partial charge is 0.352 e. The van der Waals surface area contributed by atoms with E-state index in [0.717, 1.165) is 19.4 Å². The van der Waals surface area contributed by atoms with E-state index in [2.05, 4.69) is 10.6 Å². The predicted molar refractivity (Wildman–Crippen MR) is 58.2 cm³/mol. The molecule has 0 spiro atoms. The first-order chi connectivity index (χ1) is 6.56. The van der Waals surface area contributed by atoms with Crippen molar-refractivity contribution in [2.75, 3.05) is 6.54 Å². The van der Waals surface area contributed by atoms with Crippen LogP contribution in [0.25, 0.3) is 0 Å². The van der Waals surface area contributed by atoms with Crippen LogP contribution in [-0.2, 0) is 4.79 Å². The molecule has 1 aliphatic rings. The summed E-state index contributed by atoms with van der Waals surface area (Å²) in [6, 6.07) is 0.417. The molecule has 0 aliphatic heterocycles. The highest BCUT2D eigenvalue weighted by molar-refractivity contribution is 5.85. The van der Waals surface area contributed by atoms with Crippen molar-refractivity contribution in [3.63, 3.8) is 0 Å². The number of hydrogen-bond acceptors (Lipinski definition) is 2. The molecule has 82 valence electrons. The third kappa shape index (κ3) is 2.98. The fraction of sp³-hybridized carbons (Fsp3) is 0.909. The molecule has 1 saturated carbocycles. The fourth-order valence-corrected chi connectivity index (χ4v) is 1.96. The first kappa shape index (κ1) is 11.5. The monoisotopic (exact) mass is 198 g/mol. The van der Waals surface area contributed by atoms with Gasteiger partial charge in [0.2, 0.25) is 5.91 Å². The summed E-state index contributed by atoms with van der Waals surface area (Å²) in [6.07, 6.45) is 4.81. The van der Waals surface area contributed by atoms with Gasteiger partial charge in [-0.05, 0) is 33.2 Å². The van der Waals surface area contributed by atoms with E-state index in [0.29, 0.717) is 6.04 Å². The van der Waals surface area contributed by atoms with Crippen LogP contribution < -0.4 is 10.6 Å². The lowest BCUT2D eigenvalue weighted by Crippen LogP contribution is -2.54. The molecular formula is C11H22N2O. The predicted octanol–water partition coefficient (Wildman–Crippen LogP) is 1.43. The molecule has 0 aromatic rings. The number of rotatable bonds is 4. The molecule has 0 aromatic carbocycles. The van der Waals surface area contributed by atoms with Gasteiger partial charge in [0.05, 0.1) is 5.54 Å². The van der Waals surface area contributed by atoms with Gasteiger partial charge in [0.25, 0.3) is 0 Å². The van der Waals surface area contributed by atoms with E-state index in [1.54, 1.807) is 0 Å². The van der Waals surface area contributed by atoms with Crippen molar-refractivity contribution in [1.82, 2.24) is 10.6 Å². The van der Waals surface area contributed by atoms with Crippen LogP contribution in [0, 0.1) is 0 Å². The summed E-state index contributed by atoms with van der Waals surface area (Å²) in [5.74, 6) is 0.131. The van der Waals surface area contributed by atoms with Gasteiger partial charge in [-0.2, -0.15) is 0 Å². The highest BCUT2D eigenvalue weighted by atomic mass is 16.2. The molecule has 1 aliphatic carbocycles. The van der Waals surface area contributed by atoms with Crippen molar-refractivity contribution in [2.24, 2.45) is 0 Å². The van der Waals surface area contributed by atoms with Crippen LogP contribution in [0.5, 0.6) is 0 Å². The van der Waals surface area contributed by atoms with Crippen LogP contribution in [0.2, 0.25) is 0 Å². The second kappa shape index (κ2) is 4.78. The first-order valence-corrected chi connectivity index (χ1v) is 5.62. The molecule has 14 heavy (non-hydrogen) atoms. The van der Waals surface area contributed by atoms with Crippen molar-refractivity contribution in [1.29, 1.82) is 0 Å². The van der Waals surface area contributed by atoms with Gasteiger partial charge in [-0.15, -0.1) is 0 Å². The van der Waals surface area contributed by atoms with Gasteiger partial charge in [0.1, 0.15) is 0 Å². The minimum absolute atomic E-state index is 0.131. The quantitative estimate of drug-likeness (QED) is 0.717. The maximum absolute atomic E-state index is 11.8. The number of hydrogen-bond donors (Lipinski definition) is 2. The molecule has 1 rings (SSSR count). The molecule has 1 amide bonds. The lowest BCUT2D eigenvalue weighted by atomic mass is 10.0. The smallest absolute Gasteiger partial charge is 0.239 e. The van der Waals surface area contributed by atoms with E-state index in [1.807, 2.05) is 20.8 Å². The Morgan fingerprint density at radius 3 is 2.43 bits per heavy atom. The van der Waals surface area contributed by atoms with Crippen LogP contribution in [-0.4, -0.2) is 24.0 Å². The van der Waals surface area contributed by atoms with Gasteiger partial charge >= 0.3 is 0 Å². The third-order valence-corrected chi connectivity index (χ3v) is 2.88. The summed E-state index contributed by atoms with van der Waals surface area (Å²) in [7, 11) is 0. The SMILES string of the molecule is CCNC(C)(C)C(=O)NC1CCCC1. The van der Waals surface area contributed by atoms with Gasteiger partial charge in [-0.3, -0.25) is 4.79 Å². The van der Waals surface area contributed by atoms with Crippen molar-refractivity contribution in [2.45, 2.75) is 58.0 Å². The number of likely N-dealkylation sites (N-methyl/N-ethyl adjacent to an activating group) is 1. The minimum atomic E-state index is -0.433. The second-order valence-corrected chi connectivity index (χ2v) is 4.61. The van der Waals surface area contributed by atoms with Gasteiger partial charge in [0.15, 0.2) is 0 Å². The van der Waals surface area contributed by atoms with Crippen molar-refractivity contribution >= 4 is 5.91 Å². The van der Waals surface area contributed by atoms with Crippen molar-refractivity contribution in [3.8, 4) is 0 Å². The van der Waals surface area contributed by atoms with Crippen LogP contribution in [0.3, 0.4) is 0 Å². The van der Waals surface area contributed by atoms with E-state index >= 15 is 0 Å². The maximum atomic E-state index is 11.8. The van der Waals surface area contributed by atoms with Gasteiger partial charge in [-0.1, -0.05) is 19.8 Å². The summed E-state index contributed by atoms with van der Waals surface area (Å²) in [6.45, 7) is 6.71. The Morgan fingerprint density at radius 1 is 1.36 bits per heavy atom. The molecule has 3 heteroatoms. The molecule has 2 N–H and O–H groups in total. The Labute approximate surface area is 86.6 Å². The number of amides is 1. The molecule has 0 aromatic heterocycles. The fourth-order valence-electron chi connectivity index (χ4n) is 1.96. The topological polar surface area (TPSA) is 41.1 Å². The average molecular weight is 198 g/mol. The molecule has 0 unspecified atom stereocenters. The Balaban J connectivity index is 2.39. The Morgan fingerprint density at radius 2 is 1.93 bits per heavy atom. The van der Waals surface area contributed by atoms with Crippen molar-refractivity contribution in [3.05, 3.63) is 0 Å². The van der Waals surface area contributed by atoms with Crippen molar-refractivity contribution < 1.29 is 4.79 Å². The van der Waals surface area contributed by atoms with Crippen LogP contribution >= 0.6 is 0 Å². The lowest BCUT2D eigenvalue weighted by molar-refractivity contribution is -0.127. The van der Waals surface area contributed by atoms with Crippen LogP contribution in [0.4, 0.5) is 0 Å². The summed E-state index contributed by atoms with van der Waals surface area (Å²) in [4.78, 5) is 11.8. The number of nitrogens with one attached hydrogen (secondary N) is 2. The maximum Gasteiger partial charge on any atom is 0.239 e. The minimum Gasteiger partial charge on any atom is -0.352 e. The van der Waals surface area contributed by atoms with Crippen LogP contribution in [0.1, 0.15) is 46.5 Å². The highest BCUT2D eigenvalue weighted by Gasteiger charge is 2.28. The highest BCUT2D eigenvalue weighted by Crippen LogP contribution is 2.18. The zero-order valence-electron chi connectivity index (χ0n) is 9.52. The Kier molecular flexibility index (Phi) is 3.93. The average Bonchev–Trinajstić information content (AvgIpc) is 2.56. The zero-order chi connectivity index (χ0) is 10.6. The Bertz CT molecular complexity index is 195. The van der Waals surface area contributed by atoms with E-state index < -0.39 is 5.54 Å². The van der Waals surface area contributed by atoms with E-state index in [4.69, 9.17) is 0 Å². The molecule has 0 bridgehead atoms. The molecule has 1 fully saturated rings. The summed E-state index contributed by atoms with van der Waals surface area (Å²) >= 11 is 0. The van der Waals surface area contributed by atoms with E-state index in [-0.39, 0.29) is 5.91 Å². The molecule has 0 saturated heterocycles. The first-order valence-electron chi connectivity index (χ1n) is 5.62. The third-order valence-electron chi connectivity index (χ3n) is 2.88. The lowest BCUT2D eigenvalue weighted by Gasteiger charge is -2.26. The summed E-state index contributed by atoms with van der Waals surface area (Å²) < 4.78 is 0. The normalized spacial score (nSPS) is 18.5. The van der Waals surface area contributed by atoms with E-state index in [1.165, 1.54) is 12.8 Å². The summed E-state index contributed by atoms with van der Waals surface area (Å²) in [5, 5.41) is 6.29. The van der Waals surface area contributed by atoms with Gasteiger partial charge < -0.3 is 10.6 Å². The van der Waals surface area contributed by atoms with Crippen LogP contribution in [0.15, 0.2) is 0 Å². The van der Waals surface area contributed by atoms with Gasteiger partial charge in [0, 0.05) is 6.04 Å². The molecule has 0 heterocycles. The molecular weight excluding hydrogens is 176 g/mol. The Hall–Kier alpha value is -0.570. The molecule has 0 radical (unpaired) electrons. The molecule has 0 atom stereocenters. The summed E-state index contributed by atoms with van der Waals surface area (Å²) in [5.41, 5.74) is -0.433.